The van der Waals surface area contributed by atoms with Crippen molar-refractivity contribution in [2.45, 2.75) is 6.42 Å². The third-order valence-corrected chi connectivity index (χ3v) is 3.33. The first-order valence-electron chi connectivity index (χ1n) is 5.35. The van der Waals surface area contributed by atoms with E-state index in [0.717, 1.165) is 0 Å². The summed E-state index contributed by atoms with van der Waals surface area (Å²) in [4.78, 5) is 16.5. The van der Waals surface area contributed by atoms with Crippen LogP contribution in [0.5, 0.6) is 0 Å². The Bertz CT molecular complexity index is 535. The molecule has 1 heterocycles. The number of amides is 2. The molecule has 5 heteroatoms. The van der Waals surface area contributed by atoms with E-state index >= 15 is 0 Å². The van der Waals surface area contributed by atoms with Crippen molar-refractivity contribution in [3.05, 3.63) is 51.7 Å². The molecule has 0 saturated heterocycles. The van der Waals surface area contributed by atoms with Crippen molar-refractivity contribution >= 4 is 40.9 Å². The predicted molar refractivity (Wildman–Crippen MR) is 77.0 cm³/mol. The van der Waals surface area contributed by atoms with Gasteiger partial charge in [-0.1, -0.05) is 17.7 Å². The van der Waals surface area contributed by atoms with Gasteiger partial charge >= 0.3 is 6.03 Å². The summed E-state index contributed by atoms with van der Waals surface area (Å²) in [6.07, 6.45) is 2.28. The number of nitrogens with one attached hydrogen (secondary N) is 1. The van der Waals surface area contributed by atoms with Crippen LogP contribution in [-0.4, -0.2) is 12.2 Å². The minimum Gasteiger partial charge on any atom is -0.306 e. The van der Waals surface area contributed by atoms with E-state index in [9.17, 15) is 4.79 Å². The Hall–Kier alpha value is -1.65. The zero-order valence-corrected chi connectivity index (χ0v) is 11.0. The van der Waals surface area contributed by atoms with Crippen molar-refractivity contribution < 1.29 is 4.79 Å². The van der Waals surface area contributed by atoms with Gasteiger partial charge in [0.05, 0.1) is 0 Å². The highest BCUT2D eigenvalue weighted by atomic mass is 35.5. The highest BCUT2D eigenvalue weighted by molar-refractivity contribution is 7.10. The molecule has 0 unspecified atom stereocenters. The summed E-state index contributed by atoms with van der Waals surface area (Å²) < 4.78 is 0. The summed E-state index contributed by atoms with van der Waals surface area (Å²) in [6.45, 7) is 0. The van der Waals surface area contributed by atoms with Crippen molar-refractivity contribution in [3.63, 3.8) is 0 Å². The molecule has 1 N–H and O–H groups in total. The number of rotatable bonds is 3. The predicted octanol–water partition coefficient (Wildman–Crippen LogP) is 4.25. The number of carbonyl (C=O) groups is 1. The number of urea groups is 1. The average Bonchev–Trinajstić information content (AvgIpc) is 2.85. The molecule has 0 saturated carbocycles. The summed E-state index contributed by atoms with van der Waals surface area (Å²) in [7, 11) is 0. The number of hydrogen-bond donors (Lipinski definition) is 1. The summed E-state index contributed by atoms with van der Waals surface area (Å²) in [5, 5.41) is 5.29. The van der Waals surface area contributed by atoms with Crippen LogP contribution in [0.4, 0.5) is 10.5 Å². The van der Waals surface area contributed by atoms with Crippen LogP contribution in [0.1, 0.15) is 4.88 Å². The molecule has 0 radical (unpaired) electrons. The summed E-state index contributed by atoms with van der Waals surface area (Å²) >= 11 is 7.39. The van der Waals surface area contributed by atoms with Crippen molar-refractivity contribution in [1.82, 2.24) is 0 Å². The molecule has 2 amide bonds. The van der Waals surface area contributed by atoms with Gasteiger partial charge in [-0.3, -0.25) is 0 Å². The summed E-state index contributed by atoms with van der Waals surface area (Å²) in [5.74, 6) is 0. The smallest absolute Gasteiger partial charge is 0.306 e. The molecule has 0 atom stereocenters. The van der Waals surface area contributed by atoms with Gasteiger partial charge in [-0.15, -0.1) is 11.3 Å². The maximum atomic E-state index is 11.5. The fourth-order valence-corrected chi connectivity index (χ4v) is 2.12. The normalized spacial score (nSPS) is 10.7. The maximum Gasteiger partial charge on any atom is 0.345 e. The number of anilines is 1. The molecule has 0 aliphatic rings. The SMILES string of the molecule is O=C(N=CCc1cccs1)Nc1ccc(Cl)cc1. The first-order chi connectivity index (χ1) is 8.74. The quantitative estimate of drug-likeness (QED) is 0.838. The van der Waals surface area contributed by atoms with E-state index in [1.165, 1.54) is 4.88 Å². The van der Waals surface area contributed by atoms with Gasteiger partial charge in [-0.25, -0.2) is 9.79 Å². The first-order valence-corrected chi connectivity index (χ1v) is 6.61. The average molecular weight is 279 g/mol. The van der Waals surface area contributed by atoms with Crippen molar-refractivity contribution in [1.29, 1.82) is 0 Å². The second-order valence-corrected chi connectivity index (χ2v) is 5.00. The Labute approximate surface area is 114 Å². The molecule has 1 aromatic heterocycles. The maximum absolute atomic E-state index is 11.5. The number of nitrogens with zero attached hydrogens (tertiary/aromatic N) is 1. The molecule has 2 aromatic rings. The van der Waals surface area contributed by atoms with E-state index in [1.807, 2.05) is 17.5 Å². The lowest BCUT2D eigenvalue weighted by molar-refractivity contribution is 0.259. The Balaban J connectivity index is 1.85. The number of thiophene rings is 1. The van der Waals surface area contributed by atoms with Gasteiger partial charge in [0, 0.05) is 28.2 Å². The van der Waals surface area contributed by atoms with E-state index in [2.05, 4.69) is 10.3 Å². The first kappa shape index (κ1) is 12.8. The summed E-state index contributed by atoms with van der Waals surface area (Å²) in [6, 6.07) is 10.5. The Morgan fingerprint density at radius 2 is 2.11 bits per heavy atom. The molecule has 92 valence electrons. The van der Waals surface area contributed by atoms with E-state index in [0.29, 0.717) is 17.1 Å². The third kappa shape index (κ3) is 3.98. The van der Waals surface area contributed by atoms with E-state index in [-0.39, 0.29) is 6.03 Å². The third-order valence-electron chi connectivity index (χ3n) is 2.18. The van der Waals surface area contributed by atoms with Crippen molar-refractivity contribution in [2.24, 2.45) is 4.99 Å². The van der Waals surface area contributed by atoms with Crippen molar-refractivity contribution in [3.8, 4) is 0 Å². The van der Waals surface area contributed by atoms with Gasteiger partial charge in [-0.2, -0.15) is 0 Å². The van der Waals surface area contributed by atoms with Crippen molar-refractivity contribution in [2.75, 3.05) is 5.32 Å². The topological polar surface area (TPSA) is 41.5 Å². The Kier molecular flexibility index (Phi) is 4.50. The lowest BCUT2D eigenvalue weighted by atomic mass is 10.3. The van der Waals surface area contributed by atoms with Gasteiger partial charge < -0.3 is 5.32 Å². The largest absolute Gasteiger partial charge is 0.345 e. The molecule has 0 bridgehead atoms. The number of aliphatic imine (C=N–C) groups is 1. The second-order valence-electron chi connectivity index (χ2n) is 3.53. The van der Waals surface area contributed by atoms with E-state index in [1.54, 1.807) is 41.8 Å². The van der Waals surface area contributed by atoms with Gasteiger partial charge in [0.1, 0.15) is 0 Å². The second kappa shape index (κ2) is 6.33. The lowest BCUT2D eigenvalue weighted by Gasteiger charge is -2.00. The number of hydrogen-bond acceptors (Lipinski definition) is 2. The molecule has 2 rings (SSSR count). The van der Waals surface area contributed by atoms with Crippen LogP contribution in [0.25, 0.3) is 0 Å². The monoisotopic (exact) mass is 278 g/mol. The highest BCUT2D eigenvalue weighted by Crippen LogP contribution is 2.13. The Morgan fingerprint density at radius 1 is 1.33 bits per heavy atom. The molecule has 18 heavy (non-hydrogen) atoms. The van der Waals surface area contributed by atoms with Crippen LogP contribution in [0.2, 0.25) is 5.02 Å². The minimum absolute atomic E-state index is 0.381. The summed E-state index contributed by atoms with van der Waals surface area (Å²) in [5.41, 5.74) is 0.678. The minimum atomic E-state index is -0.381. The van der Waals surface area contributed by atoms with Gasteiger partial charge in [0.2, 0.25) is 0 Å². The standard InChI is InChI=1S/C13H11ClN2OS/c14-10-3-5-11(6-4-10)16-13(17)15-8-7-12-2-1-9-18-12/h1-6,8-9H,7H2,(H,16,17). The fraction of sp³-hybridized carbons (Fsp3) is 0.0769. The van der Waals surface area contributed by atoms with Crippen LogP contribution >= 0.6 is 22.9 Å². The molecular weight excluding hydrogens is 268 g/mol. The number of carbonyl (C=O) groups excluding carboxylic acids is 1. The van der Waals surface area contributed by atoms with E-state index < -0.39 is 0 Å². The van der Waals surface area contributed by atoms with Gasteiger partial charge in [0.25, 0.3) is 0 Å². The van der Waals surface area contributed by atoms with Crippen LogP contribution in [0.3, 0.4) is 0 Å². The highest BCUT2D eigenvalue weighted by Gasteiger charge is 1.98. The molecule has 0 fully saturated rings. The molecule has 1 aromatic carbocycles. The molecule has 0 aliphatic heterocycles. The van der Waals surface area contributed by atoms with Crippen LogP contribution in [-0.2, 0) is 6.42 Å². The zero-order valence-electron chi connectivity index (χ0n) is 9.47. The molecule has 0 aliphatic carbocycles. The van der Waals surface area contributed by atoms with Crippen LogP contribution in [0.15, 0.2) is 46.8 Å². The zero-order chi connectivity index (χ0) is 12.8. The number of halogens is 1. The fourth-order valence-electron chi connectivity index (χ4n) is 1.34. The van der Waals surface area contributed by atoms with Gasteiger partial charge in [0.15, 0.2) is 0 Å². The van der Waals surface area contributed by atoms with Gasteiger partial charge in [-0.05, 0) is 35.7 Å². The van der Waals surface area contributed by atoms with Crippen LogP contribution < -0.4 is 5.32 Å². The molecule has 0 spiro atoms. The van der Waals surface area contributed by atoms with E-state index in [4.69, 9.17) is 11.6 Å². The molecule has 3 nitrogen and oxygen atoms in total. The molecular formula is C13H11ClN2OS. The lowest BCUT2D eigenvalue weighted by Crippen LogP contribution is -2.06. The Morgan fingerprint density at radius 3 is 2.78 bits per heavy atom. The van der Waals surface area contributed by atoms with Crippen LogP contribution in [0, 0.1) is 0 Å². The number of benzene rings is 1.